The van der Waals surface area contributed by atoms with Crippen molar-refractivity contribution in [3.05, 3.63) is 64.0 Å². The predicted octanol–water partition coefficient (Wildman–Crippen LogP) is 4.66. The molecule has 0 aliphatic heterocycles. The third-order valence-corrected chi connectivity index (χ3v) is 3.80. The minimum Gasteiger partial charge on any atom is -0.478 e. The van der Waals surface area contributed by atoms with Gasteiger partial charge >= 0.3 is 5.97 Å². The Morgan fingerprint density at radius 3 is 2.50 bits per heavy atom. The van der Waals surface area contributed by atoms with Crippen LogP contribution in [0.3, 0.4) is 0 Å². The van der Waals surface area contributed by atoms with Crippen molar-refractivity contribution in [3.63, 3.8) is 0 Å². The van der Waals surface area contributed by atoms with Gasteiger partial charge in [-0.05, 0) is 40.4 Å². The average Bonchev–Trinajstić information content (AvgIpc) is 2.66. The van der Waals surface area contributed by atoms with Crippen molar-refractivity contribution in [3.8, 4) is 11.1 Å². The van der Waals surface area contributed by atoms with Crippen LogP contribution in [0.1, 0.15) is 29.3 Å². The van der Waals surface area contributed by atoms with E-state index < -0.39 is 5.97 Å². The summed E-state index contributed by atoms with van der Waals surface area (Å²) in [4.78, 5) is 15.5. The molecule has 8 nitrogen and oxygen atoms in total. The zero-order valence-corrected chi connectivity index (χ0v) is 14.2. The van der Waals surface area contributed by atoms with Gasteiger partial charge in [0, 0.05) is 17.0 Å². The van der Waals surface area contributed by atoms with Crippen LogP contribution < -0.4 is 4.90 Å². The summed E-state index contributed by atoms with van der Waals surface area (Å²) >= 11 is 0. The molecule has 0 aliphatic rings. The second-order valence-corrected chi connectivity index (χ2v) is 5.46. The van der Waals surface area contributed by atoms with Gasteiger partial charge in [0.25, 0.3) is 0 Å². The Morgan fingerprint density at radius 1 is 1.27 bits per heavy atom. The molecule has 0 amide bonds. The molecule has 2 aromatic rings. The number of nitrogens with one attached hydrogen (secondary N) is 2. The Hall–Kier alpha value is -3.64. The lowest BCUT2D eigenvalue weighted by Gasteiger charge is -2.20. The monoisotopic (exact) mass is 350 g/mol. The fraction of sp³-hybridized carbons (Fsp3) is 0.167. The lowest BCUT2D eigenvalue weighted by Crippen LogP contribution is -2.27. The highest BCUT2D eigenvalue weighted by Gasteiger charge is 2.14. The first-order chi connectivity index (χ1) is 12.5. The van der Waals surface area contributed by atoms with Crippen LogP contribution in [0.2, 0.25) is 0 Å². The van der Waals surface area contributed by atoms with Gasteiger partial charge in [0.2, 0.25) is 0 Å². The second-order valence-electron chi connectivity index (χ2n) is 5.46. The van der Waals surface area contributed by atoms with E-state index >= 15 is 0 Å². The maximum Gasteiger partial charge on any atom is 0.335 e. The molecule has 2 aromatic carbocycles. The van der Waals surface area contributed by atoms with E-state index in [4.69, 9.17) is 16.3 Å². The minimum absolute atomic E-state index is 0.0754. The highest BCUT2D eigenvalue weighted by atomic mass is 16.4. The molecule has 0 unspecified atom stereocenters. The van der Waals surface area contributed by atoms with Gasteiger partial charge in [-0.25, -0.2) is 4.79 Å². The van der Waals surface area contributed by atoms with Crippen LogP contribution in [0.15, 0.2) is 47.6 Å². The van der Waals surface area contributed by atoms with Gasteiger partial charge in [-0.15, -0.1) is 0 Å². The molecule has 0 spiro atoms. The molecule has 0 fully saturated rings. The first-order valence-corrected chi connectivity index (χ1v) is 7.86. The molecule has 0 bridgehead atoms. The van der Waals surface area contributed by atoms with Gasteiger partial charge in [-0.3, -0.25) is 15.7 Å². The zero-order chi connectivity index (χ0) is 19.1. The third-order valence-electron chi connectivity index (χ3n) is 3.80. The molecular weight excluding hydrogens is 332 g/mol. The van der Waals surface area contributed by atoms with Crippen LogP contribution >= 0.6 is 0 Å². The average molecular weight is 350 g/mol. The summed E-state index contributed by atoms with van der Waals surface area (Å²) < 4.78 is 0. The fourth-order valence-electron chi connectivity index (χ4n) is 2.43. The topological polar surface area (TPSA) is 137 Å². The van der Waals surface area contributed by atoms with E-state index in [1.165, 1.54) is 11.0 Å². The number of carboxylic acids is 1. The maximum atomic E-state index is 11.5. The molecule has 8 heteroatoms. The number of aromatic carboxylic acids is 1. The molecule has 0 saturated heterocycles. The Balaban J connectivity index is 2.50. The number of carboxylic acid groups (broad SMARTS) is 1. The predicted molar refractivity (Wildman–Crippen MR) is 101 cm³/mol. The van der Waals surface area contributed by atoms with Gasteiger partial charge in [0.1, 0.15) is 5.84 Å². The van der Waals surface area contributed by atoms with Crippen LogP contribution in [0, 0.1) is 10.8 Å². The Bertz CT molecular complexity index is 885. The second kappa shape index (κ2) is 8.46. The zero-order valence-electron chi connectivity index (χ0n) is 14.2. The molecule has 0 atom stereocenters. The van der Waals surface area contributed by atoms with E-state index in [0.29, 0.717) is 17.7 Å². The van der Waals surface area contributed by atoms with Crippen molar-refractivity contribution in [2.24, 2.45) is 5.11 Å². The van der Waals surface area contributed by atoms with Crippen molar-refractivity contribution < 1.29 is 9.90 Å². The SMILES string of the molecule is CCC(=N)N(C=N)c1cc(C(=O)O)cc(-c2ccc(CN=[N+]=[N-])cc2)c1. The molecule has 2 rings (SSSR count). The molecule has 0 radical (unpaired) electrons. The Kier molecular flexibility index (Phi) is 6.08. The van der Waals surface area contributed by atoms with Crippen LogP contribution in [0.5, 0.6) is 0 Å². The van der Waals surface area contributed by atoms with Crippen molar-refractivity contribution >= 4 is 23.8 Å². The molecule has 0 heterocycles. The van der Waals surface area contributed by atoms with E-state index in [2.05, 4.69) is 10.0 Å². The number of anilines is 1. The number of azide groups is 1. The lowest BCUT2D eigenvalue weighted by molar-refractivity contribution is 0.0697. The molecule has 132 valence electrons. The number of benzene rings is 2. The van der Waals surface area contributed by atoms with Crippen LogP contribution in [0.4, 0.5) is 5.69 Å². The number of rotatable bonds is 7. The van der Waals surface area contributed by atoms with Crippen LogP contribution in [0.25, 0.3) is 21.6 Å². The quantitative estimate of drug-likeness (QED) is 0.220. The van der Waals surface area contributed by atoms with Gasteiger partial charge in [0.15, 0.2) is 0 Å². The highest BCUT2D eigenvalue weighted by Crippen LogP contribution is 2.27. The van der Waals surface area contributed by atoms with Gasteiger partial charge < -0.3 is 5.11 Å². The molecule has 3 N–H and O–H groups in total. The van der Waals surface area contributed by atoms with E-state index in [1.807, 2.05) is 12.1 Å². The fourth-order valence-corrected chi connectivity index (χ4v) is 2.43. The summed E-state index contributed by atoms with van der Waals surface area (Å²) in [6.07, 6.45) is 1.41. The van der Waals surface area contributed by atoms with Crippen molar-refractivity contribution in [1.82, 2.24) is 0 Å². The highest BCUT2D eigenvalue weighted by molar-refractivity contribution is 6.10. The van der Waals surface area contributed by atoms with Crippen molar-refractivity contribution in [2.75, 3.05) is 4.90 Å². The first kappa shape index (κ1) is 18.7. The molecule has 0 saturated carbocycles. The standard InChI is InChI=1S/C18H18N6O2/c1-2-17(20)24(11-19)16-8-14(7-15(9-16)18(25)26)13-5-3-12(4-6-13)10-22-23-21/h3-9,11,19-20H,2,10H2,1H3,(H,25,26). The lowest BCUT2D eigenvalue weighted by atomic mass is 10.00. The number of carbonyl (C=O) groups is 1. The summed E-state index contributed by atoms with van der Waals surface area (Å²) in [6, 6.07) is 12.0. The summed E-state index contributed by atoms with van der Waals surface area (Å²) in [5, 5.41) is 28.4. The van der Waals surface area contributed by atoms with Gasteiger partial charge in [-0.2, -0.15) is 0 Å². The molecular formula is C18H18N6O2. The summed E-state index contributed by atoms with van der Waals surface area (Å²) in [7, 11) is 0. The largest absolute Gasteiger partial charge is 0.478 e. The normalized spacial score (nSPS) is 9.88. The van der Waals surface area contributed by atoms with Crippen LogP contribution in [-0.2, 0) is 6.54 Å². The van der Waals surface area contributed by atoms with Crippen LogP contribution in [-0.4, -0.2) is 23.2 Å². The smallest absolute Gasteiger partial charge is 0.335 e. The van der Waals surface area contributed by atoms with E-state index in [-0.39, 0.29) is 17.9 Å². The summed E-state index contributed by atoms with van der Waals surface area (Å²) in [5.41, 5.74) is 11.2. The number of hydrogen-bond donors (Lipinski definition) is 3. The summed E-state index contributed by atoms with van der Waals surface area (Å²) in [6.45, 7) is 2.04. The number of hydrogen-bond acceptors (Lipinski definition) is 4. The van der Waals surface area contributed by atoms with Gasteiger partial charge in [0.05, 0.1) is 18.4 Å². The Labute approximate surface area is 150 Å². The number of nitrogens with zero attached hydrogens (tertiary/aromatic N) is 4. The molecule has 26 heavy (non-hydrogen) atoms. The minimum atomic E-state index is -1.08. The van der Waals surface area contributed by atoms with Crippen molar-refractivity contribution in [1.29, 1.82) is 10.8 Å². The summed E-state index contributed by atoms with van der Waals surface area (Å²) in [5.74, 6) is -0.890. The molecule has 0 aliphatic carbocycles. The number of amidine groups is 1. The van der Waals surface area contributed by atoms with Crippen molar-refractivity contribution in [2.45, 2.75) is 19.9 Å². The van der Waals surface area contributed by atoms with E-state index in [1.54, 1.807) is 31.2 Å². The molecule has 0 aromatic heterocycles. The maximum absolute atomic E-state index is 11.5. The Morgan fingerprint density at radius 2 is 1.96 bits per heavy atom. The van der Waals surface area contributed by atoms with Gasteiger partial charge in [-0.1, -0.05) is 36.3 Å². The third kappa shape index (κ3) is 4.25. The van der Waals surface area contributed by atoms with E-state index in [0.717, 1.165) is 17.5 Å². The first-order valence-electron chi connectivity index (χ1n) is 7.86. The van der Waals surface area contributed by atoms with E-state index in [9.17, 15) is 9.90 Å².